The maximum atomic E-state index is 12.7. The number of aliphatic hydroxyl groups excluding tert-OH is 1. The molecule has 250 valence electrons. The van der Waals surface area contributed by atoms with Crippen molar-refractivity contribution in [2.75, 3.05) is 13.2 Å². The molecule has 0 spiro atoms. The minimum absolute atomic E-state index is 0.0496. The summed E-state index contributed by atoms with van der Waals surface area (Å²) in [6.45, 7) is 6.11. The summed E-state index contributed by atoms with van der Waals surface area (Å²) in [6, 6.07) is 0. The molecule has 0 saturated carbocycles. The highest BCUT2D eigenvalue weighted by atomic mass is 16.6. The number of carbonyl (C=O) groups excluding carboxylic acids is 3. The maximum Gasteiger partial charge on any atom is 0.306 e. The third kappa shape index (κ3) is 19.9. The van der Waals surface area contributed by atoms with Crippen LogP contribution in [0.15, 0.2) is 12.2 Å². The van der Waals surface area contributed by atoms with Crippen LogP contribution in [0.3, 0.4) is 0 Å². The Labute approximate surface area is 261 Å². The van der Waals surface area contributed by atoms with Gasteiger partial charge in [0.2, 0.25) is 0 Å². The lowest BCUT2D eigenvalue weighted by Gasteiger charge is -2.28. The Morgan fingerprint density at radius 2 is 1.26 bits per heavy atom. The molecule has 0 amide bonds. The molecule has 4 unspecified atom stereocenters. The van der Waals surface area contributed by atoms with Gasteiger partial charge in [-0.25, -0.2) is 0 Å². The fourth-order valence-electron chi connectivity index (χ4n) is 5.29. The minimum Gasteiger partial charge on any atom is -0.462 e. The third-order valence-electron chi connectivity index (χ3n) is 7.94. The summed E-state index contributed by atoms with van der Waals surface area (Å²) in [5.74, 6) is -1.17. The van der Waals surface area contributed by atoms with Gasteiger partial charge < -0.3 is 24.1 Å². The summed E-state index contributed by atoms with van der Waals surface area (Å²) < 4.78 is 22.7. The molecular weight excluding hydrogens is 548 g/mol. The summed E-state index contributed by atoms with van der Waals surface area (Å²) in [5, 5.41) is 10.6. The van der Waals surface area contributed by atoms with Crippen LogP contribution in [-0.2, 0) is 33.3 Å². The molecule has 1 aliphatic rings. The molecular formula is C35H62O8. The summed E-state index contributed by atoms with van der Waals surface area (Å²) in [6.07, 6.45) is 19.8. The first kappa shape index (κ1) is 39.1. The first-order chi connectivity index (χ1) is 20.9. The van der Waals surface area contributed by atoms with Gasteiger partial charge in [0.1, 0.15) is 18.8 Å². The van der Waals surface area contributed by atoms with Crippen molar-refractivity contribution in [2.45, 2.75) is 180 Å². The van der Waals surface area contributed by atoms with E-state index in [4.69, 9.17) is 18.9 Å². The molecule has 0 bridgehead atoms. The number of hydrogen-bond donors (Lipinski definition) is 1. The van der Waals surface area contributed by atoms with Gasteiger partial charge in [-0.05, 0) is 39.0 Å². The van der Waals surface area contributed by atoms with E-state index in [2.05, 4.69) is 26.0 Å². The van der Waals surface area contributed by atoms with Crippen LogP contribution in [-0.4, -0.2) is 60.6 Å². The molecule has 0 radical (unpaired) electrons. The number of esters is 3. The van der Waals surface area contributed by atoms with Crippen molar-refractivity contribution in [1.82, 2.24) is 0 Å². The van der Waals surface area contributed by atoms with Crippen molar-refractivity contribution in [1.29, 1.82) is 0 Å². The zero-order chi connectivity index (χ0) is 31.5. The van der Waals surface area contributed by atoms with Crippen molar-refractivity contribution in [3.05, 3.63) is 12.2 Å². The average molecular weight is 611 g/mol. The van der Waals surface area contributed by atoms with Gasteiger partial charge in [-0.15, -0.1) is 0 Å². The lowest BCUT2D eigenvalue weighted by Crippen LogP contribution is -2.46. The monoisotopic (exact) mass is 610 g/mol. The molecule has 0 aromatic rings. The van der Waals surface area contributed by atoms with Crippen LogP contribution in [0.5, 0.6) is 0 Å². The zero-order valence-electron chi connectivity index (χ0n) is 27.5. The molecule has 1 N–H and O–H groups in total. The molecule has 4 atom stereocenters. The predicted molar refractivity (Wildman–Crippen MR) is 170 cm³/mol. The SMILES string of the molecule is C/C=C/CCCCCCCC(=O)OC1C(O)COC1C(COC(=O)CCCCCCCC)OC(=O)CCCCCCCC. The van der Waals surface area contributed by atoms with Crippen molar-refractivity contribution in [2.24, 2.45) is 0 Å². The fourth-order valence-corrected chi connectivity index (χ4v) is 5.29. The van der Waals surface area contributed by atoms with E-state index in [1.807, 2.05) is 6.92 Å². The van der Waals surface area contributed by atoms with E-state index in [0.717, 1.165) is 83.5 Å². The topological polar surface area (TPSA) is 108 Å². The molecule has 1 saturated heterocycles. The first-order valence-corrected chi connectivity index (χ1v) is 17.4. The van der Waals surface area contributed by atoms with Crippen LogP contribution in [0.4, 0.5) is 0 Å². The van der Waals surface area contributed by atoms with E-state index >= 15 is 0 Å². The van der Waals surface area contributed by atoms with E-state index in [9.17, 15) is 19.5 Å². The van der Waals surface area contributed by atoms with Gasteiger partial charge in [-0.1, -0.05) is 109 Å². The van der Waals surface area contributed by atoms with Gasteiger partial charge in [0.05, 0.1) is 6.61 Å². The predicted octanol–water partition coefficient (Wildman–Crippen LogP) is 7.92. The second-order valence-electron chi connectivity index (χ2n) is 11.9. The zero-order valence-corrected chi connectivity index (χ0v) is 27.5. The normalized spacial score (nSPS) is 19.0. The summed E-state index contributed by atoms with van der Waals surface area (Å²) in [5.41, 5.74) is 0. The van der Waals surface area contributed by atoms with Gasteiger partial charge >= 0.3 is 17.9 Å². The second kappa shape index (κ2) is 26.5. The van der Waals surface area contributed by atoms with Crippen LogP contribution in [0, 0.1) is 0 Å². The first-order valence-electron chi connectivity index (χ1n) is 17.4. The van der Waals surface area contributed by atoms with Gasteiger partial charge in [0, 0.05) is 19.3 Å². The van der Waals surface area contributed by atoms with Crippen LogP contribution < -0.4 is 0 Å². The van der Waals surface area contributed by atoms with Crippen LogP contribution in [0.25, 0.3) is 0 Å². The molecule has 0 aromatic carbocycles. The molecule has 1 aliphatic heterocycles. The van der Waals surface area contributed by atoms with Gasteiger partial charge in [-0.2, -0.15) is 0 Å². The molecule has 1 rings (SSSR count). The Balaban J connectivity index is 2.64. The molecule has 43 heavy (non-hydrogen) atoms. The Morgan fingerprint density at radius 3 is 1.84 bits per heavy atom. The van der Waals surface area contributed by atoms with E-state index in [-0.39, 0.29) is 32.0 Å². The maximum absolute atomic E-state index is 12.7. The number of allylic oxidation sites excluding steroid dienone is 2. The average Bonchev–Trinajstić information content (AvgIpc) is 3.35. The molecule has 0 aromatic heterocycles. The molecule has 8 heteroatoms. The Bertz CT molecular complexity index is 752. The highest BCUT2D eigenvalue weighted by molar-refractivity contribution is 5.71. The van der Waals surface area contributed by atoms with Gasteiger partial charge in [0.15, 0.2) is 12.2 Å². The highest BCUT2D eigenvalue weighted by Crippen LogP contribution is 2.25. The van der Waals surface area contributed by atoms with Crippen LogP contribution in [0.1, 0.15) is 156 Å². The Morgan fingerprint density at radius 1 is 0.744 bits per heavy atom. The van der Waals surface area contributed by atoms with E-state index in [1.165, 1.54) is 25.7 Å². The Kier molecular flexibility index (Phi) is 24.1. The van der Waals surface area contributed by atoms with Gasteiger partial charge in [-0.3, -0.25) is 14.4 Å². The molecule has 0 aliphatic carbocycles. The minimum atomic E-state index is -1.04. The smallest absolute Gasteiger partial charge is 0.306 e. The number of rotatable bonds is 27. The van der Waals surface area contributed by atoms with Crippen LogP contribution in [0.2, 0.25) is 0 Å². The number of ether oxygens (including phenoxy) is 4. The van der Waals surface area contributed by atoms with E-state index in [1.54, 1.807) is 0 Å². The van der Waals surface area contributed by atoms with Gasteiger partial charge in [0.25, 0.3) is 0 Å². The van der Waals surface area contributed by atoms with Crippen molar-refractivity contribution < 1.29 is 38.4 Å². The van der Waals surface area contributed by atoms with E-state index in [0.29, 0.717) is 12.8 Å². The molecule has 1 fully saturated rings. The number of hydrogen-bond acceptors (Lipinski definition) is 8. The van der Waals surface area contributed by atoms with Crippen molar-refractivity contribution >= 4 is 17.9 Å². The lowest BCUT2D eigenvalue weighted by molar-refractivity contribution is -0.177. The van der Waals surface area contributed by atoms with Crippen molar-refractivity contribution in [3.8, 4) is 0 Å². The largest absolute Gasteiger partial charge is 0.462 e. The fraction of sp³-hybridized carbons (Fsp3) is 0.857. The second-order valence-corrected chi connectivity index (χ2v) is 11.9. The van der Waals surface area contributed by atoms with Crippen molar-refractivity contribution in [3.63, 3.8) is 0 Å². The van der Waals surface area contributed by atoms with E-state index < -0.39 is 36.4 Å². The summed E-state index contributed by atoms with van der Waals surface area (Å²) in [4.78, 5) is 37.9. The Hall–Kier alpha value is -1.93. The summed E-state index contributed by atoms with van der Waals surface area (Å²) in [7, 11) is 0. The lowest BCUT2D eigenvalue weighted by atomic mass is 10.1. The van der Waals surface area contributed by atoms with Crippen LogP contribution >= 0.6 is 0 Å². The quantitative estimate of drug-likeness (QED) is 0.0432. The molecule has 1 heterocycles. The number of carbonyl (C=O) groups is 3. The standard InChI is InChI=1S/C35H62O8/c1-4-7-10-13-16-17-20-23-26-33(39)43-34-29(36)27-41-35(34)30(42-32(38)25-22-19-15-12-9-6-3)28-40-31(37)24-21-18-14-11-8-5-2/h4,7,29-30,34-36H,5-6,8-28H2,1-3H3/b7-4+. The number of unbranched alkanes of at least 4 members (excludes halogenated alkanes) is 15. The third-order valence-corrected chi connectivity index (χ3v) is 7.94. The summed E-state index contributed by atoms with van der Waals surface area (Å²) >= 11 is 0. The molecule has 8 nitrogen and oxygen atoms in total. The highest BCUT2D eigenvalue weighted by Gasteiger charge is 2.45. The number of aliphatic hydroxyl groups is 1.